The van der Waals surface area contributed by atoms with E-state index in [2.05, 4.69) is 26.5 Å². The van der Waals surface area contributed by atoms with Crippen LogP contribution in [0.1, 0.15) is 33.2 Å². The highest BCUT2D eigenvalue weighted by Gasteiger charge is 2.15. The lowest BCUT2D eigenvalue weighted by Gasteiger charge is -2.11. The van der Waals surface area contributed by atoms with Crippen LogP contribution in [0.25, 0.3) is 0 Å². The van der Waals surface area contributed by atoms with E-state index in [9.17, 15) is 19.7 Å². The minimum Gasteiger partial charge on any atom is -0.490 e. The van der Waals surface area contributed by atoms with Crippen molar-refractivity contribution in [3.63, 3.8) is 0 Å². The molecular formula is C23H18BrN3O6. The van der Waals surface area contributed by atoms with Crippen LogP contribution >= 0.6 is 15.9 Å². The highest BCUT2D eigenvalue weighted by molar-refractivity contribution is 9.10. The number of nitro benzene ring substituents is 1. The van der Waals surface area contributed by atoms with Crippen molar-refractivity contribution in [2.45, 2.75) is 6.92 Å². The minimum atomic E-state index is -0.687. The number of nitrogens with one attached hydrogen (secondary N) is 1. The van der Waals surface area contributed by atoms with Gasteiger partial charge in [-0.25, -0.2) is 10.2 Å². The van der Waals surface area contributed by atoms with Crippen molar-refractivity contribution in [1.82, 2.24) is 5.43 Å². The van der Waals surface area contributed by atoms with E-state index in [1.165, 1.54) is 36.5 Å². The second kappa shape index (κ2) is 11.0. The first-order valence-electron chi connectivity index (χ1n) is 9.70. The number of hydrogen-bond donors (Lipinski definition) is 1. The number of hydrogen-bond acceptors (Lipinski definition) is 7. The summed E-state index contributed by atoms with van der Waals surface area (Å²) in [7, 11) is 0. The molecule has 1 N–H and O–H groups in total. The first-order chi connectivity index (χ1) is 15.9. The molecule has 0 unspecified atom stereocenters. The van der Waals surface area contributed by atoms with Crippen molar-refractivity contribution in [3.8, 4) is 11.5 Å². The standard InChI is InChI=1S/C23H18BrN3O6/c1-2-32-21-12-15(14-25-26-22(28)17-4-3-5-18(24)13-17)6-11-20(21)33-23(29)16-7-9-19(10-8-16)27(30)31/h3-14H,2H2,1H3,(H,26,28)/b25-14+. The highest BCUT2D eigenvalue weighted by Crippen LogP contribution is 2.29. The van der Waals surface area contributed by atoms with Crippen molar-refractivity contribution in [3.05, 3.63) is 98.0 Å². The molecule has 0 radical (unpaired) electrons. The minimum absolute atomic E-state index is 0.128. The summed E-state index contributed by atoms with van der Waals surface area (Å²) in [4.78, 5) is 34.8. The Kier molecular flexibility index (Phi) is 7.87. The van der Waals surface area contributed by atoms with E-state index >= 15 is 0 Å². The van der Waals surface area contributed by atoms with Gasteiger partial charge in [-0.3, -0.25) is 14.9 Å². The third-order valence-electron chi connectivity index (χ3n) is 4.25. The maximum Gasteiger partial charge on any atom is 0.343 e. The molecule has 0 spiro atoms. The molecule has 0 aromatic heterocycles. The van der Waals surface area contributed by atoms with E-state index < -0.39 is 10.9 Å². The van der Waals surface area contributed by atoms with Gasteiger partial charge < -0.3 is 9.47 Å². The predicted molar refractivity (Wildman–Crippen MR) is 125 cm³/mol. The van der Waals surface area contributed by atoms with E-state index in [0.717, 1.165) is 4.47 Å². The number of hydrazone groups is 1. The molecular weight excluding hydrogens is 494 g/mol. The Morgan fingerprint density at radius 2 is 1.82 bits per heavy atom. The summed E-state index contributed by atoms with van der Waals surface area (Å²) in [6.45, 7) is 2.10. The number of carbonyl (C=O) groups is 2. The largest absolute Gasteiger partial charge is 0.490 e. The first kappa shape index (κ1) is 23.6. The number of esters is 1. The van der Waals surface area contributed by atoms with Crippen LogP contribution in [0.4, 0.5) is 5.69 Å². The molecule has 3 aromatic carbocycles. The zero-order chi connectivity index (χ0) is 23.8. The quantitative estimate of drug-likeness (QED) is 0.153. The first-order valence-corrected chi connectivity index (χ1v) is 10.5. The van der Waals surface area contributed by atoms with Gasteiger partial charge in [-0.1, -0.05) is 22.0 Å². The Hall–Kier alpha value is -4.05. The van der Waals surface area contributed by atoms with Crippen molar-refractivity contribution < 1.29 is 24.0 Å². The monoisotopic (exact) mass is 511 g/mol. The molecule has 168 valence electrons. The zero-order valence-corrected chi connectivity index (χ0v) is 18.9. The van der Waals surface area contributed by atoms with Crippen LogP contribution < -0.4 is 14.9 Å². The third-order valence-corrected chi connectivity index (χ3v) is 4.74. The fourth-order valence-corrected chi connectivity index (χ4v) is 3.09. The van der Waals surface area contributed by atoms with Crippen LogP contribution in [0.15, 0.2) is 76.3 Å². The summed E-state index contributed by atoms with van der Waals surface area (Å²) < 4.78 is 11.7. The Morgan fingerprint density at radius 3 is 2.48 bits per heavy atom. The molecule has 0 saturated carbocycles. The smallest absolute Gasteiger partial charge is 0.343 e. The molecule has 1 amide bonds. The summed E-state index contributed by atoms with van der Waals surface area (Å²) in [5.41, 5.74) is 3.52. The van der Waals surface area contributed by atoms with E-state index in [0.29, 0.717) is 23.5 Å². The van der Waals surface area contributed by atoms with Gasteiger partial charge in [0, 0.05) is 22.2 Å². The fraction of sp³-hybridized carbons (Fsp3) is 0.0870. The van der Waals surface area contributed by atoms with Crippen molar-refractivity contribution in [2.24, 2.45) is 5.10 Å². The molecule has 3 rings (SSSR count). The van der Waals surface area contributed by atoms with Gasteiger partial charge in [0.15, 0.2) is 11.5 Å². The van der Waals surface area contributed by atoms with Gasteiger partial charge in [0.25, 0.3) is 11.6 Å². The molecule has 3 aromatic rings. The topological polar surface area (TPSA) is 120 Å². The van der Waals surface area contributed by atoms with Gasteiger partial charge in [0.1, 0.15) is 0 Å². The molecule has 9 nitrogen and oxygen atoms in total. The van der Waals surface area contributed by atoms with Crippen molar-refractivity contribution in [1.29, 1.82) is 0 Å². The molecule has 0 atom stereocenters. The normalized spacial score (nSPS) is 10.6. The lowest BCUT2D eigenvalue weighted by Crippen LogP contribution is -2.17. The molecule has 10 heteroatoms. The van der Waals surface area contributed by atoms with Crippen molar-refractivity contribution >= 4 is 39.7 Å². The van der Waals surface area contributed by atoms with Crippen LogP contribution in [0.5, 0.6) is 11.5 Å². The van der Waals surface area contributed by atoms with Crippen LogP contribution in [0.3, 0.4) is 0 Å². The molecule has 0 saturated heterocycles. The van der Waals surface area contributed by atoms with Crippen LogP contribution in [0.2, 0.25) is 0 Å². The average molecular weight is 512 g/mol. The van der Waals surface area contributed by atoms with Gasteiger partial charge in [-0.15, -0.1) is 0 Å². The number of nitro groups is 1. The van der Waals surface area contributed by atoms with E-state index in [-0.39, 0.29) is 22.9 Å². The molecule has 0 fully saturated rings. The molecule has 0 aliphatic carbocycles. The number of ether oxygens (including phenoxy) is 2. The predicted octanol–water partition coefficient (Wildman–Crippen LogP) is 4.74. The van der Waals surface area contributed by atoms with Crippen LogP contribution in [-0.2, 0) is 0 Å². The summed E-state index contributed by atoms with van der Waals surface area (Å²) in [6, 6.07) is 16.7. The third kappa shape index (κ3) is 6.47. The number of carbonyl (C=O) groups excluding carboxylic acids is 2. The lowest BCUT2D eigenvalue weighted by atomic mass is 10.2. The molecule has 0 heterocycles. The van der Waals surface area contributed by atoms with Gasteiger partial charge in [0.05, 0.1) is 23.3 Å². The van der Waals surface area contributed by atoms with Gasteiger partial charge in [-0.05, 0) is 61.0 Å². The Morgan fingerprint density at radius 1 is 1.06 bits per heavy atom. The molecule has 0 aliphatic heterocycles. The Labute approximate surface area is 197 Å². The van der Waals surface area contributed by atoms with Gasteiger partial charge in [-0.2, -0.15) is 5.10 Å². The molecule has 33 heavy (non-hydrogen) atoms. The molecule has 0 bridgehead atoms. The summed E-state index contributed by atoms with van der Waals surface area (Å²) in [5, 5.41) is 14.7. The van der Waals surface area contributed by atoms with E-state index in [4.69, 9.17) is 9.47 Å². The van der Waals surface area contributed by atoms with Crippen LogP contribution in [0, 0.1) is 10.1 Å². The Balaban J connectivity index is 1.70. The van der Waals surface area contributed by atoms with Crippen molar-refractivity contribution in [2.75, 3.05) is 6.61 Å². The van der Waals surface area contributed by atoms with Gasteiger partial charge in [0.2, 0.25) is 0 Å². The summed E-state index contributed by atoms with van der Waals surface area (Å²) in [5.74, 6) is -0.578. The number of benzene rings is 3. The SMILES string of the molecule is CCOc1cc(/C=N/NC(=O)c2cccc(Br)c2)ccc1OC(=O)c1ccc([N+](=O)[O-])cc1. The second-order valence-corrected chi connectivity index (χ2v) is 7.46. The summed E-state index contributed by atoms with van der Waals surface area (Å²) in [6.07, 6.45) is 1.43. The number of halogens is 1. The maximum atomic E-state index is 12.4. The average Bonchev–Trinajstić information content (AvgIpc) is 2.80. The Bertz CT molecular complexity index is 1210. The number of non-ortho nitro benzene ring substituents is 1. The molecule has 0 aliphatic rings. The second-order valence-electron chi connectivity index (χ2n) is 6.54. The highest BCUT2D eigenvalue weighted by atomic mass is 79.9. The lowest BCUT2D eigenvalue weighted by molar-refractivity contribution is -0.384. The van der Waals surface area contributed by atoms with E-state index in [1.807, 2.05) is 6.07 Å². The number of nitrogens with zero attached hydrogens (tertiary/aromatic N) is 2. The maximum absolute atomic E-state index is 12.4. The van der Waals surface area contributed by atoms with Gasteiger partial charge >= 0.3 is 5.97 Å². The zero-order valence-electron chi connectivity index (χ0n) is 17.4. The summed E-state index contributed by atoms with van der Waals surface area (Å²) >= 11 is 3.31. The fourth-order valence-electron chi connectivity index (χ4n) is 2.70. The number of rotatable bonds is 8. The van der Waals surface area contributed by atoms with E-state index in [1.54, 1.807) is 37.3 Å². The van der Waals surface area contributed by atoms with Crippen LogP contribution in [-0.4, -0.2) is 29.6 Å². The number of amides is 1.